The van der Waals surface area contributed by atoms with Crippen LogP contribution in [-0.4, -0.2) is 48.4 Å². The van der Waals surface area contributed by atoms with E-state index in [9.17, 15) is 22.9 Å². The van der Waals surface area contributed by atoms with Gasteiger partial charge >= 0.3 is 5.97 Å². The summed E-state index contributed by atoms with van der Waals surface area (Å²) in [5.41, 5.74) is 9.38. The number of aliphatic carboxylic acids is 1. The summed E-state index contributed by atoms with van der Waals surface area (Å²) in [7, 11) is -4.36. The summed E-state index contributed by atoms with van der Waals surface area (Å²) in [5.74, 6) is -0.730. The van der Waals surface area contributed by atoms with Gasteiger partial charge < -0.3 is 24.2 Å². The number of nitrogens with zero attached hydrogens (tertiary/aromatic N) is 4. The number of aryl methyl sites for hydroxylation is 2. The fraction of sp³-hybridized carbons (Fsp3) is 0.260. The Morgan fingerprint density at radius 2 is 1.76 bits per heavy atom. The molecule has 10 nitrogen and oxygen atoms in total. The molecule has 1 N–H and O–H groups in total. The summed E-state index contributed by atoms with van der Waals surface area (Å²) >= 11 is 3.35. The highest BCUT2D eigenvalue weighted by atomic mass is 32.2. The monoisotopic (exact) mass is 898 g/mol. The lowest BCUT2D eigenvalue weighted by Gasteiger charge is -2.36. The molecule has 0 amide bonds. The molecule has 0 fully saturated rings. The van der Waals surface area contributed by atoms with Crippen molar-refractivity contribution >= 4 is 73.3 Å². The van der Waals surface area contributed by atoms with Gasteiger partial charge in [-0.25, -0.2) is 18.2 Å². The summed E-state index contributed by atoms with van der Waals surface area (Å²) in [6, 6.07) is 37.8. The number of carboxylic acids is 1. The summed E-state index contributed by atoms with van der Waals surface area (Å²) in [6.45, 7) is 7.23. The van der Waals surface area contributed by atoms with Gasteiger partial charge in [0.25, 0.3) is 5.01 Å². The number of rotatable bonds is 16. The van der Waals surface area contributed by atoms with E-state index < -0.39 is 27.9 Å². The molecule has 0 aliphatic carbocycles. The van der Waals surface area contributed by atoms with Crippen LogP contribution < -0.4 is 19.1 Å². The molecule has 0 saturated heterocycles. The maximum Gasteiger partial charge on any atom is 0.326 e. The molecule has 5 aromatic carbocycles. The Balaban J connectivity index is 1.10. The molecule has 6 aromatic rings. The Morgan fingerprint density at radius 1 is 0.968 bits per heavy atom. The van der Waals surface area contributed by atoms with Crippen LogP contribution in [0.25, 0.3) is 27.4 Å². The van der Waals surface area contributed by atoms with Gasteiger partial charge in [-0.05, 0) is 89.6 Å². The molecule has 0 radical (unpaired) electrons. The fourth-order valence-electron chi connectivity index (χ4n) is 8.24. The molecule has 2 atom stereocenters. The molecule has 13 heteroatoms. The smallest absolute Gasteiger partial charge is 0.326 e. The molecular formula is C50H50N4O6S3. The lowest BCUT2D eigenvalue weighted by Crippen LogP contribution is -2.45. The van der Waals surface area contributed by atoms with Crippen LogP contribution in [0.4, 0.5) is 11.4 Å². The molecular weight excluding hydrogens is 849 g/mol. The summed E-state index contributed by atoms with van der Waals surface area (Å²) in [4.78, 5) is 22.8. The zero-order chi connectivity index (χ0) is 44.1. The number of thiazole rings is 1. The number of ether oxygens (including phenoxy) is 1. The van der Waals surface area contributed by atoms with Crippen molar-refractivity contribution in [3.05, 3.63) is 154 Å². The van der Waals surface area contributed by atoms with Gasteiger partial charge in [-0.15, -0.1) is 0 Å². The first-order valence-electron chi connectivity index (χ1n) is 21.3. The third-order valence-corrected chi connectivity index (χ3v) is 14.4. The predicted octanol–water partition coefficient (Wildman–Crippen LogP) is 10.6. The van der Waals surface area contributed by atoms with Crippen molar-refractivity contribution in [3.8, 4) is 16.9 Å². The van der Waals surface area contributed by atoms with Crippen molar-refractivity contribution < 1.29 is 32.2 Å². The van der Waals surface area contributed by atoms with E-state index in [-0.39, 0.29) is 12.6 Å². The lowest BCUT2D eigenvalue weighted by molar-refractivity contribution is -0.668. The number of carbonyl (C=O) groups is 1. The van der Waals surface area contributed by atoms with Crippen molar-refractivity contribution in [3.63, 3.8) is 0 Å². The Hall–Kier alpha value is -5.73. The molecule has 0 saturated carbocycles. The number of hydrogen-bond donors (Lipinski definition) is 1. The summed E-state index contributed by atoms with van der Waals surface area (Å²) < 4.78 is 44.4. The molecule has 1 aromatic heterocycles. The molecule has 8 rings (SSSR count). The van der Waals surface area contributed by atoms with E-state index in [2.05, 4.69) is 97.0 Å². The number of anilines is 2. The quantitative estimate of drug-likeness (QED) is 0.0437. The first kappa shape index (κ1) is 43.9. The van der Waals surface area contributed by atoms with Gasteiger partial charge in [-0.3, -0.25) is 0 Å². The van der Waals surface area contributed by atoms with Gasteiger partial charge in [-0.2, -0.15) is 4.57 Å². The van der Waals surface area contributed by atoms with E-state index in [4.69, 9.17) is 9.73 Å². The van der Waals surface area contributed by atoms with Gasteiger partial charge in [0.15, 0.2) is 12.9 Å². The second-order valence-corrected chi connectivity index (χ2v) is 19.5. The Morgan fingerprint density at radius 3 is 2.52 bits per heavy atom. The largest absolute Gasteiger partial charge is 0.748 e. The van der Waals surface area contributed by atoms with Crippen LogP contribution in [0.15, 0.2) is 142 Å². The van der Waals surface area contributed by atoms with Crippen molar-refractivity contribution in [1.29, 1.82) is 0 Å². The lowest BCUT2D eigenvalue weighted by atomic mass is 9.93. The van der Waals surface area contributed by atoms with E-state index >= 15 is 0 Å². The van der Waals surface area contributed by atoms with Crippen LogP contribution in [0, 0.1) is 6.92 Å². The summed E-state index contributed by atoms with van der Waals surface area (Å²) in [5, 5.41) is 12.2. The molecule has 0 spiro atoms. The number of fused-ring (bicyclic) bond motifs is 3. The number of aromatic nitrogens is 1. The predicted molar refractivity (Wildman–Crippen MR) is 255 cm³/mol. The number of allylic oxidation sites excluding steroid dienone is 2. The topological polar surface area (TPSA) is 126 Å². The van der Waals surface area contributed by atoms with Crippen LogP contribution in [0.5, 0.6) is 5.75 Å². The van der Waals surface area contributed by atoms with E-state index in [1.807, 2.05) is 65.6 Å². The second-order valence-electron chi connectivity index (χ2n) is 15.8. The zero-order valence-corrected chi connectivity index (χ0v) is 38.0. The molecule has 2 aliphatic rings. The van der Waals surface area contributed by atoms with Crippen LogP contribution in [0.2, 0.25) is 0 Å². The molecule has 2 aliphatic heterocycles. The Labute approximate surface area is 377 Å². The van der Waals surface area contributed by atoms with Crippen molar-refractivity contribution in [1.82, 2.24) is 0 Å². The zero-order valence-electron chi connectivity index (χ0n) is 35.5. The van der Waals surface area contributed by atoms with Crippen LogP contribution >= 0.6 is 23.1 Å². The van der Waals surface area contributed by atoms with Crippen molar-refractivity contribution in [2.45, 2.75) is 83.1 Å². The minimum absolute atomic E-state index is 0.207. The average Bonchev–Trinajstić information content (AvgIpc) is 3.81. The maximum atomic E-state index is 12.4. The highest BCUT2D eigenvalue weighted by Crippen LogP contribution is 2.49. The van der Waals surface area contributed by atoms with Gasteiger partial charge in [0.1, 0.15) is 22.7 Å². The van der Waals surface area contributed by atoms with E-state index in [0.717, 1.165) is 89.2 Å². The Bertz CT molecular complexity index is 2840. The van der Waals surface area contributed by atoms with Crippen molar-refractivity contribution in [2.24, 2.45) is 4.99 Å². The van der Waals surface area contributed by atoms with E-state index in [1.165, 1.54) is 6.40 Å². The number of benzene rings is 5. The fourth-order valence-corrected chi connectivity index (χ4v) is 11.0. The maximum absolute atomic E-state index is 12.4. The van der Waals surface area contributed by atoms with E-state index in [0.29, 0.717) is 25.3 Å². The SMILES string of the molecule is CCCC(/N=C/Oc1cccc(N2Cc3ccccc3CC2C(=O)O)c1)N1/C(=C/C(=C/c2sc3ccc(-c4ccccc4)cc3[n+]2CCCS(=O)(=O)[O-])CC)Sc2ccc(C)cc21. The minimum Gasteiger partial charge on any atom is -0.748 e. The Kier molecular flexibility index (Phi) is 13.5. The number of aliphatic imine (C=N–C) groups is 1. The molecule has 3 heterocycles. The van der Waals surface area contributed by atoms with Crippen molar-refractivity contribution in [2.75, 3.05) is 15.6 Å². The molecule has 0 bridgehead atoms. The normalized spacial score (nSPS) is 16.5. The number of hydrogen-bond acceptors (Lipinski definition) is 10. The number of carboxylic acid groups (broad SMARTS) is 1. The van der Waals surface area contributed by atoms with Crippen LogP contribution in [0.3, 0.4) is 0 Å². The molecule has 63 heavy (non-hydrogen) atoms. The van der Waals surface area contributed by atoms with Gasteiger partial charge in [0, 0.05) is 53.9 Å². The van der Waals surface area contributed by atoms with E-state index in [1.54, 1.807) is 23.1 Å². The summed E-state index contributed by atoms with van der Waals surface area (Å²) in [6.07, 6.45) is 8.63. The second kappa shape index (κ2) is 19.3. The molecule has 2 unspecified atom stereocenters. The van der Waals surface area contributed by atoms with Gasteiger partial charge in [0.2, 0.25) is 5.52 Å². The minimum atomic E-state index is -4.36. The van der Waals surface area contributed by atoms with Gasteiger partial charge in [0.05, 0.1) is 20.8 Å². The molecule has 324 valence electrons. The first-order chi connectivity index (χ1) is 30.5. The first-order valence-corrected chi connectivity index (χ1v) is 24.5. The highest BCUT2D eigenvalue weighted by Gasteiger charge is 2.33. The third-order valence-electron chi connectivity index (χ3n) is 11.4. The number of thioether (sulfide) groups is 1. The standard InChI is InChI=1S/C50H50N4O6S3/c1-4-13-47(51-33-60-41-19-11-18-40(31-41)53-32-39-17-10-9-16-37(39)30-44(53)50(55)56)54-43-26-34(3)20-22-46(43)62-49(54)28-35(5-2)27-48-52(24-12-25-63(57,58)59)42-29-38(21-23-45(42)61-48)36-14-7-6-8-15-36/h6-11,14-23,26-29,31,33,44,47H,4-5,12-13,24-25,30,32H2,1-3H3,(H-,55,56,57,58,59)/b51-33+. The third kappa shape index (κ3) is 10.2. The van der Waals surface area contributed by atoms with Crippen LogP contribution in [-0.2, 0) is 34.4 Å². The van der Waals surface area contributed by atoms with Gasteiger partial charge in [-0.1, -0.05) is 116 Å². The van der Waals surface area contributed by atoms with Crippen LogP contribution in [0.1, 0.15) is 61.2 Å². The average molecular weight is 899 g/mol. The highest BCUT2D eigenvalue weighted by molar-refractivity contribution is 8.03.